The fourth-order valence-electron chi connectivity index (χ4n) is 10.5. The van der Waals surface area contributed by atoms with Crippen LogP contribution in [0.1, 0.15) is 112 Å². The fourth-order valence-corrected chi connectivity index (χ4v) is 10.5. The predicted molar refractivity (Wildman–Crippen MR) is 154 cm³/mol. The zero-order chi connectivity index (χ0) is 28.6. The van der Waals surface area contributed by atoms with Gasteiger partial charge in [0.1, 0.15) is 5.76 Å². The lowest BCUT2D eigenvalue weighted by Crippen LogP contribution is -2.62. The lowest BCUT2D eigenvalue weighted by Gasteiger charge is -2.63. The molecule has 4 fully saturated rings. The summed E-state index contributed by atoms with van der Waals surface area (Å²) < 4.78 is 5.64. The maximum absolute atomic E-state index is 12.7. The summed E-state index contributed by atoms with van der Waals surface area (Å²) in [5.41, 5.74) is 1.75. The third kappa shape index (κ3) is 4.16. The Balaban J connectivity index is 0.977. The average Bonchev–Trinajstić information content (AvgIpc) is 3.60. The summed E-state index contributed by atoms with van der Waals surface area (Å²) in [6.07, 6.45) is 10.7. The molecule has 1 aromatic carbocycles. The van der Waals surface area contributed by atoms with E-state index >= 15 is 0 Å². The third-order valence-corrected chi connectivity index (χ3v) is 13.0. The Morgan fingerprint density at radius 2 is 1.83 bits per heavy atom. The fraction of sp³-hybridized carbons (Fsp3) is 0.706. The number of aliphatic hydroxyl groups excluding tert-OH is 2. The molecule has 2 aromatic rings. The minimum absolute atomic E-state index is 0.0701. The monoisotopic (exact) mass is 562 g/mol. The van der Waals surface area contributed by atoms with Crippen molar-refractivity contribution < 1.29 is 24.6 Å². The molecule has 3 unspecified atom stereocenters. The van der Waals surface area contributed by atoms with Crippen LogP contribution in [0.2, 0.25) is 0 Å². The van der Waals surface area contributed by atoms with Crippen molar-refractivity contribution in [2.45, 2.75) is 109 Å². The molecule has 4 aliphatic carbocycles. The van der Waals surface area contributed by atoms with Crippen molar-refractivity contribution in [2.24, 2.45) is 34.5 Å². The second-order valence-electron chi connectivity index (χ2n) is 14.6. The number of rotatable bonds is 6. The van der Waals surface area contributed by atoms with Crippen molar-refractivity contribution in [3.63, 3.8) is 0 Å². The molecule has 1 aliphatic heterocycles. The number of carbonyl (C=O) groups is 1. The van der Waals surface area contributed by atoms with Crippen LogP contribution in [0, 0.1) is 34.5 Å². The number of hydrogen-bond donors (Lipinski definition) is 3. The highest BCUT2D eigenvalue weighted by atomic mass is 16.5. The van der Waals surface area contributed by atoms with Gasteiger partial charge in [0.2, 0.25) is 0 Å². The second kappa shape index (κ2) is 9.92. The molecule has 4 saturated carbocycles. The third-order valence-electron chi connectivity index (χ3n) is 13.0. The standard InChI is InChI=1S/C34H46N2O5/c1-32-15-12-24(37)19-22(32)8-10-29-28(32)13-16-33(2)21(11-17-34(29,33)40)7-9-23-20-25(41-35-23)14-18-36-30(38)26-5-3-4-6-27(26)31(36)39/h3-6,20-22,24,28-30,37-38,40H,7-19H2,1-2H3/t21-,22+,24-,28?,29?,30?,32-,33+,34-/m0/s1. The number of carbonyl (C=O) groups excluding carboxylic acids is 1. The number of fused-ring (bicyclic) bond motifs is 6. The molecule has 0 spiro atoms. The van der Waals surface area contributed by atoms with Crippen LogP contribution >= 0.6 is 0 Å². The first-order valence-corrected chi connectivity index (χ1v) is 16.1. The van der Waals surface area contributed by atoms with Gasteiger partial charge in [-0.3, -0.25) is 4.79 Å². The Morgan fingerprint density at radius 3 is 2.66 bits per heavy atom. The molecule has 41 heavy (non-hydrogen) atoms. The van der Waals surface area contributed by atoms with Crippen molar-refractivity contribution in [2.75, 3.05) is 6.54 Å². The summed E-state index contributed by atoms with van der Waals surface area (Å²) in [4.78, 5) is 14.2. The lowest BCUT2D eigenvalue weighted by atomic mass is 9.43. The van der Waals surface area contributed by atoms with Crippen LogP contribution in [0.25, 0.3) is 0 Å². The molecular weight excluding hydrogens is 516 g/mol. The van der Waals surface area contributed by atoms with Crippen LogP contribution in [0.5, 0.6) is 0 Å². The van der Waals surface area contributed by atoms with Crippen molar-refractivity contribution >= 4 is 5.91 Å². The first-order valence-electron chi connectivity index (χ1n) is 16.1. The van der Waals surface area contributed by atoms with Crippen LogP contribution in [-0.2, 0) is 12.8 Å². The van der Waals surface area contributed by atoms with E-state index in [9.17, 15) is 20.1 Å². The molecule has 7 heteroatoms. The van der Waals surface area contributed by atoms with E-state index in [2.05, 4.69) is 19.0 Å². The van der Waals surface area contributed by atoms with Gasteiger partial charge in [-0.15, -0.1) is 0 Å². The average molecular weight is 563 g/mol. The number of aryl methyl sites for hydroxylation is 1. The largest absolute Gasteiger partial charge is 0.393 e. The SMILES string of the molecule is C[C@]12CC[C@H](O)C[C@H]1CCC1C2CC[C@]2(C)[C@@H](CCc3cc(CCN4C(=O)c5ccccc5C4O)on3)CC[C@]12O. The Kier molecular flexibility index (Phi) is 6.68. The van der Waals surface area contributed by atoms with Crippen LogP contribution in [0.15, 0.2) is 34.9 Å². The van der Waals surface area contributed by atoms with Gasteiger partial charge in [0.25, 0.3) is 5.91 Å². The van der Waals surface area contributed by atoms with E-state index in [0.29, 0.717) is 47.8 Å². The lowest BCUT2D eigenvalue weighted by molar-refractivity contribution is -0.210. The smallest absolute Gasteiger partial charge is 0.256 e. The maximum atomic E-state index is 12.7. The maximum Gasteiger partial charge on any atom is 0.256 e. The molecule has 7 nitrogen and oxygen atoms in total. The van der Waals surface area contributed by atoms with Gasteiger partial charge < -0.3 is 24.7 Å². The summed E-state index contributed by atoms with van der Waals surface area (Å²) in [7, 11) is 0. The molecule has 1 amide bonds. The van der Waals surface area contributed by atoms with Gasteiger partial charge in [0.15, 0.2) is 6.23 Å². The minimum Gasteiger partial charge on any atom is -0.393 e. The van der Waals surface area contributed by atoms with E-state index in [0.717, 1.165) is 75.7 Å². The van der Waals surface area contributed by atoms with Crippen molar-refractivity contribution in [1.82, 2.24) is 10.1 Å². The molecule has 0 bridgehead atoms. The summed E-state index contributed by atoms with van der Waals surface area (Å²) >= 11 is 0. The van der Waals surface area contributed by atoms with Crippen LogP contribution in [-0.4, -0.2) is 49.5 Å². The normalized spacial score (nSPS) is 41.6. The van der Waals surface area contributed by atoms with Gasteiger partial charge in [-0.25, -0.2) is 0 Å². The summed E-state index contributed by atoms with van der Waals surface area (Å²) in [5, 5.41) is 37.7. The van der Waals surface area contributed by atoms with Crippen LogP contribution in [0.3, 0.4) is 0 Å². The molecule has 5 aliphatic rings. The number of aliphatic hydroxyl groups is 3. The van der Waals surface area contributed by atoms with Crippen molar-refractivity contribution in [3.8, 4) is 0 Å². The van der Waals surface area contributed by atoms with Crippen LogP contribution < -0.4 is 0 Å². The summed E-state index contributed by atoms with van der Waals surface area (Å²) in [6.45, 7) is 5.21. The number of aromatic nitrogens is 1. The second-order valence-corrected chi connectivity index (χ2v) is 14.6. The molecule has 3 N–H and O–H groups in total. The minimum atomic E-state index is -0.916. The molecule has 222 valence electrons. The van der Waals surface area contributed by atoms with E-state index in [1.807, 2.05) is 18.2 Å². The van der Waals surface area contributed by atoms with E-state index in [-0.39, 0.29) is 22.8 Å². The zero-order valence-electron chi connectivity index (χ0n) is 24.6. The number of nitrogens with zero attached hydrogens (tertiary/aromatic N) is 2. The van der Waals surface area contributed by atoms with Crippen LogP contribution in [0.4, 0.5) is 0 Å². The quantitative estimate of drug-likeness (QED) is 0.433. The van der Waals surface area contributed by atoms with Gasteiger partial charge in [0.05, 0.1) is 17.4 Å². The predicted octanol–water partition coefficient (Wildman–Crippen LogP) is 5.43. The molecular formula is C34H46N2O5. The summed E-state index contributed by atoms with van der Waals surface area (Å²) in [6, 6.07) is 9.22. The highest BCUT2D eigenvalue weighted by Crippen LogP contribution is 2.69. The van der Waals surface area contributed by atoms with E-state index in [1.54, 1.807) is 12.1 Å². The van der Waals surface area contributed by atoms with Gasteiger partial charge in [-0.1, -0.05) is 37.2 Å². The molecule has 1 aromatic heterocycles. The number of hydrogen-bond acceptors (Lipinski definition) is 6. The highest BCUT2D eigenvalue weighted by Gasteiger charge is 2.66. The first kappa shape index (κ1) is 27.6. The number of amides is 1. The van der Waals surface area contributed by atoms with Gasteiger partial charge in [-0.05, 0) is 111 Å². The van der Waals surface area contributed by atoms with Crippen molar-refractivity contribution in [1.29, 1.82) is 0 Å². The Morgan fingerprint density at radius 1 is 1.00 bits per heavy atom. The molecule has 0 radical (unpaired) electrons. The zero-order valence-corrected chi connectivity index (χ0v) is 24.6. The Bertz CT molecular complexity index is 1310. The van der Waals surface area contributed by atoms with Gasteiger partial charge >= 0.3 is 0 Å². The van der Waals surface area contributed by atoms with Crippen molar-refractivity contribution in [3.05, 3.63) is 52.9 Å². The van der Waals surface area contributed by atoms with E-state index in [1.165, 1.54) is 11.3 Å². The highest BCUT2D eigenvalue weighted by molar-refractivity contribution is 5.98. The van der Waals surface area contributed by atoms with E-state index < -0.39 is 11.8 Å². The number of benzene rings is 1. The van der Waals surface area contributed by atoms with Gasteiger partial charge in [-0.2, -0.15) is 0 Å². The first-order chi connectivity index (χ1) is 19.6. The molecule has 7 rings (SSSR count). The van der Waals surface area contributed by atoms with E-state index in [4.69, 9.17) is 4.52 Å². The molecule has 2 heterocycles. The topological polar surface area (TPSA) is 107 Å². The molecule has 0 saturated heterocycles. The van der Waals surface area contributed by atoms with Gasteiger partial charge in [0, 0.05) is 30.2 Å². The summed E-state index contributed by atoms with van der Waals surface area (Å²) in [5.74, 6) is 2.58. The molecule has 9 atom stereocenters. The Hall–Kier alpha value is -2.22. The Labute approximate surface area is 243 Å².